The van der Waals surface area contributed by atoms with Crippen molar-refractivity contribution in [1.29, 1.82) is 0 Å². The van der Waals surface area contributed by atoms with E-state index in [1.54, 1.807) is 0 Å². The Labute approximate surface area is 377 Å². The minimum Gasteiger partial charge on any atom is -0.314 e. The lowest BCUT2D eigenvalue weighted by Crippen LogP contribution is -2.10. The van der Waals surface area contributed by atoms with Gasteiger partial charge < -0.3 is 14.0 Å². The fourth-order valence-electron chi connectivity index (χ4n) is 8.99. The lowest BCUT2D eigenvalue weighted by molar-refractivity contribution is 0.944. The molecule has 6 aromatic carbocycles. The highest BCUT2D eigenvalue weighted by Gasteiger charge is 2.22. The first kappa shape index (κ1) is 41.1. The third-order valence-corrected chi connectivity index (χ3v) is 11.9. The van der Waals surface area contributed by atoms with Crippen molar-refractivity contribution in [2.45, 2.75) is 33.6 Å². The fraction of sp³-hybridized carbons (Fsp3) is 0.0833. The molecular formula is C60H48N4. The van der Waals surface area contributed by atoms with Crippen LogP contribution in [0.3, 0.4) is 0 Å². The molecule has 0 saturated heterocycles. The van der Waals surface area contributed by atoms with Crippen LogP contribution in [0, 0.1) is 31.4 Å². The van der Waals surface area contributed by atoms with Crippen LogP contribution in [0.5, 0.6) is 0 Å². The van der Waals surface area contributed by atoms with Crippen LogP contribution >= 0.6 is 0 Å². The van der Waals surface area contributed by atoms with Crippen LogP contribution < -0.4 is 4.90 Å². The average molecular weight is 825 g/mol. The van der Waals surface area contributed by atoms with E-state index in [0.717, 1.165) is 80.1 Å². The Hall–Kier alpha value is -8.31. The normalized spacial score (nSPS) is 12.8. The molecule has 0 aliphatic heterocycles. The molecule has 0 atom stereocenters. The maximum Gasteiger partial charge on any atom is 0.0667 e. The smallest absolute Gasteiger partial charge is 0.0667 e. The summed E-state index contributed by atoms with van der Waals surface area (Å²) in [7, 11) is 0. The second kappa shape index (κ2) is 18.3. The zero-order valence-corrected chi connectivity index (χ0v) is 36.5. The van der Waals surface area contributed by atoms with Crippen LogP contribution in [-0.2, 0) is 6.42 Å². The summed E-state index contributed by atoms with van der Waals surface area (Å²) < 4.78 is 4.61. The van der Waals surface area contributed by atoms with Crippen molar-refractivity contribution in [3.8, 4) is 23.7 Å². The van der Waals surface area contributed by atoms with E-state index in [0.29, 0.717) is 0 Å². The predicted octanol–water partition coefficient (Wildman–Crippen LogP) is 15.3. The number of aliphatic imine (C=N–C) groups is 1. The Bertz CT molecular complexity index is 3250. The van der Waals surface area contributed by atoms with Crippen LogP contribution in [0.2, 0.25) is 0 Å². The summed E-state index contributed by atoms with van der Waals surface area (Å²) in [4.78, 5) is 7.19. The van der Waals surface area contributed by atoms with E-state index in [-0.39, 0.29) is 0 Å². The van der Waals surface area contributed by atoms with Crippen molar-refractivity contribution in [3.63, 3.8) is 0 Å². The fourth-order valence-corrected chi connectivity index (χ4v) is 8.99. The van der Waals surface area contributed by atoms with Gasteiger partial charge >= 0.3 is 0 Å². The summed E-state index contributed by atoms with van der Waals surface area (Å²) in [5.41, 5.74) is 16.1. The van der Waals surface area contributed by atoms with Gasteiger partial charge in [0.1, 0.15) is 0 Å². The Morgan fingerprint density at radius 2 is 1.61 bits per heavy atom. The zero-order valence-electron chi connectivity index (χ0n) is 36.5. The number of hydrogen-bond acceptors (Lipinski definition) is 2. The number of benzene rings is 5. The molecule has 2 heterocycles. The predicted molar refractivity (Wildman–Crippen MR) is 274 cm³/mol. The first-order valence-corrected chi connectivity index (χ1v) is 21.7. The first-order chi connectivity index (χ1) is 31.5. The number of para-hydroxylation sites is 1. The van der Waals surface area contributed by atoms with E-state index in [2.05, 4.69) is 210 Å². The Morgan fingerprint density at radius 3 is 2.39 bits per heavy atom. The molecular weight excluding hydrogens is 777 g/mol. The van der Waals surface area contributed by atoms with Gasteiger partial charge in [-0.1, -0.05) is 128 Å². The molecule has 0 bridgehead atoms. The van der Waals surface area contributed by atoms with Crippen molar-refractivity contribution in [1.82, 2.24) is 9.13 Å². The lowest BCUT2D eigenvalue weighted by atomic mass is 9.99. The van der Waals surface area contributed by atoms with Crippen LogP contribution in [0.25, 0.3) is 62.9 Å². The summed E-state index contributed by atoms with van der Waals surface area (Å²) >= 11 is 0. The van der Waals surface area contributed by atoms with Crippen LogP contribution in [-0.4, -0.2) is 15.3 Å². The number of hydrogen-bond donors (Lipinski definition) is 0. The first-order valence-electron chi connectivity index (χ1n) is 21.7. The molecule has 0 radical (unpaired) electrons. The summed E-state index contributed by atoms with van der Waals surface area (Å²) in [5.74, 6) is 2.95. The summed E-state index contributed by atoms with van der Waals surface area (Å²) in [6.07, 6.45) is 30.8. The molecule has 1 aliphatic rings. The van der Waals surface area contributed by atoms with E-state index in [1.165, 1.54) is 33.3 Å². The maximum atomic E-state index is 6.18. The van der Waals surface area contributed by atoms with Gasteiger partial charge in [0.25, 0.3) is 0 Å². The molecule has 0 unspecified atom stereocenters. The molecule has 1 aliphatic carbocycles. The summed E-state index contributed by atoms with van der Waals surface area (Å²) in [5, 5.41) is 3.27. The molecule has 9 rings (SSSR count). The maximum absolute atomic E-state index is 6.18. The standard InChI is InChI=1S/C60H48N4/c1-6-10-26-53-43(5)62(59-30-18-17-29-56(53)59)50-39-44(40-51(41-50)64-57(21-7-2)52(9-4)55-28-16-19-31-60(55)64)37-38-61-42-45(8-3)46-33-35-49(36-34-46)63(48-24-12-11-13-25-48)58-32-20-23-47-22-14-15-27-54(47)58/h4,6-8,10-15,18-27,30-42H,1,17,29H2,2-3,5H3/b21-7-,26-10-,38-37+,45-8+,61-42+. The van der Waals surface area contributed by atoms with Gasteiger partial charge in [-0.2, -0.15) is 0 Å². The quantitative estimate of drug-likeness (QED) is 0.0684. The van der Waals surface area contributed by atoms with Crippen molar-refractivity contribution in [3.05, 3.63) is 228 Å². The van der Waals surface area contributed by atoms with Crippen molar-refractivity contribution >= 4 is 74.8 Å². The van der Waals surface area contributed by atoms with E-state index < -0.39 is 0 Å². The minimum absolute atomic E-state index is 0.791. The summed E-state index contributed by atoms with van der Waals surface area (Å²) in [6, 6.07) is 51.3. The number of anilines is 3. The van der Waals surface area contributed by atoms with Gasteiger partial charge in [-0.05, 0) is 146 Å². The third-order valence-electron chi connectivity index (χ3n) is 11.9. The second-order valence-corrected chi connectivity index (χ2v) is 15.7. The van der Waals surface area contributed by atoms with Gasteiger partial charge in [0.15, 0.2) is 0 Å². The molecule has 8 aromatic rings. The zero-order chi connectivity index (χ0) is 44.0. The number of aromatic nitrogens is 2. The molecule has 0 amide bonds. The van der Waals surface area contributed by atoms with E-state index in [4.69, 9.17) is 11.4 Å². The van der Waals surface area contributed by atoms with Crippen molar-refractivity contribution in [2.24, 2.45) is 4.99 Å². The SMILES string of the molecule is C#Cc1c(/C=C\C)n(-c2cc(/C=C/N=C/C(=C\C)c3ccc(N(c4ccccc4)c4cccc5ccccc45)cc3)cc(-n3c(C)c(/C=C\C=C)c4c3C=CCC4)c2)c2ccc#cc12. The molecule has 64 heavy (non-hydrogen) atoms. The Balaban J connectivity index is 1.09. The Kier molecular flexibility index (Phi) is 11.8. The van der Waals surface area contributed by atoms with E-state index in [1.807, 2.05) is 43.6 Å². The number of fused-ring (bicyclic) bond motifs is 3. The monoisotopic (exact) mass is 824 g/mol. The van der Waals surface area contributed by atoms with E-state index in [9.17, 15) is 0 Å². The second-order valence-electron chi connectivity index (χ2n) is 15.7. The lowest BCUT2D eigenvalue weighted by Gasteiger charge is -2.27. The van der Waals surface area contributed by atoms with Crippen molar-refractivity contribution in [2.75, 3.05) is 4.90 Å². The molecule has 308 valence electrons. The number of nitrogens with zero attached hydrogens (tertiary/aromatic N) is 4. The van der Waals surface area contributed by atoms with Gasteiger partial charge in [-0.15, -0.1) is 6.42 Å². The summed E-state index contributed by atoms with van der Waals surface area (Å²) in [6.45, 7) is 10.2. The highest BCUT2D eigenvalue weighted by atomic mass is 15.1. The number of terminal acetylenes is 1. The van der Waals surface area contributed by atoms with Gasteiger partial charge in [0.05, 0.1) is 27.8 Å². The number of allylic oxidation sites excluding steroid dienone is 6. The molecule has 0 fully saturated rings. The average Bonchev–Trinajstić information content (AvgIpc) is 3.81. The highest BCUT2D eigenvalue weighted by molar-refractivity contribution is 6.10. The van der Waals surface area contributed by atoms with Crippen LogP contribution in [0.4, 0.5) is 17.1 Å². The van der Waals surface area contributed by atoms with Gasteiger partial charge in [-0.25, -0.2) is 0 Å². The molecule has 0 spiro atoms. The van der Waals surface area contributed by atoms with Crippen LogP contribution in [0.1, 0.15) is 65.2 Å². The Morgan fingerprint density at radius 1 is 0.844 bits per heavy atom. The largest absolute Gasteiger partial charge is 0.314 e. The molecule has 0 saturated carbocycles. The van der Waals surface area contributed by atoms with Gasteiger partial charge in [0.2, 0.25) is 0 Å². The number of rotatable bonds is 12. The molecule has 0 N–H and O–H groups in total. The van der Waals surface area contributed by atoms with Gasteiger partial charge in [-0.3, -0.25) is 4.99 Å². The van der Waals surface area contributed by atoms with Gasteiger partial charge in [0, 0.05) is 51.9 Å². The van der Waals surface area contributed by atoms with Crippen LogP contribution in [0.15, 0.2) is 176 Å². The van der Waals surface area contributed by atoms with Crippen molar-refractivity contribution < 1.29 is 0 Å². The third kappa shape index (κ3) is 7.75. The highest BCUT2D eigenvalue weighted by Crippen LogP contribution is 2.40. The minimum atomic E-state index is 0.791. The topological polar surface area (TPSA) is 25.5 Å². The molecule has 4 nitrogen and oxygen atoms in total. The molecule has 2 aromatic heterocycles. The molecule has 4 heteroatoms. The van der Waals surface area contributed by atoms with E-state index >= 15 is 0 Å².